The molecule has 3 rings (SSSR count). The van der Waals surface area contributed by atoms with Gasteiger partial charge in [-0.15, -0.1) is 11.3 Å². The van der Waals surface area contributed by atoms with Gasteiger partial charge in [-0.1, -0.05) is 0 Å². The average Bonchev–Trinajstić information content (AvgIpc) is 3.02. The van der Waals surface area contributed by atoms with Crippen LogP contribution in [0.5, 0.6) is 0 Å². The van der Waals surface area contributed by atoms with Crippen molar-refractivity contribution in [1.29, 1.82) is 0 Å². The minimum atomic E-state index is -4.53. The number of aryl methyl sites for hydroxylation is 1. The molecular weight excluding hydrogens is 455 g/mol. The standard InChI is InChI=1S/C20H23F5N4O2S/c1-10-14(32-17(28-10)16(30)27-9-18(2,3)31)12-8-26-13(7-11(12)15(21)22)29-19(5-4-6-19)20(23,24)25/h7-8,15,31H,4-6,9H2,1-3H3,(H,26,29)(H,27,30). The third kappa shape index (κ3) is 5.01. The molecule has 0 spiro atoms. The van der Waals surface area contributed by atoms with Crippen molar-refractivity contribution in [2.45, 2.75) is 63.8 Å². The predicted octanol–water partition coefficient (Wildman–Crippen LogP) is 4.85. The number of thiazole rings is 1. The van der Waals surface area contributed by atoms with Gasteiger partial charge < -0.3 is 15.7 Å². The molecular formula is C20H23F5N4O2S. The molecule has 1 fully saturated rings. The van der Waals surface area contributed by atoms with Gasteiger partial charge in [-0.25, -0.2) is 18.7 Å². The lowest BCUT2D eigenvalue weighted by Crippen LogP contribution is -2.57. The van der Waals surface area contributed by atoms with Gasteiger partial charge in [0.25, 0.3) is 12.3 Å². The van der Waals surface area contributed by atoms with E-state index >= 15 is 0 Å². The number of carbonyl (C=O) groups excluding carboxylic acids is 1. The molecule has 1 amide bonds. The van der Waals surface area contributed by atoms with Gasteiger partial charge >= 0.3 is 6.18 Å². The normalized spacial score (nSPS) is 16.1. The summed E-state index contributed by atoms with van der Waals surface area (Å²) in [5.41, 5.74) is -3.51. The van der Waals surface area contributed by atoms with Crippen molar-refractivity contribution >= 4 is 23.1 Å². The number of nitrogens with zero attached hydrogens (tertiary/aromatic N) is 2. The fourth-order valence-electron chi connectivity index (χ4n) is 3.28. The second-order valence-corrected chi connectivity index (χ2v) is 9.44. The van der Waals surface area contributed by atoms with Gasteiger partial charge in [0, 0.05) is 23.9 Å². The first-order valence-corrected chi connectivity index (χ1v) is 10.7. The molecule has 176 valence electrons. The summed E-state index contributed by atoms with van der Waals surface area (Å²) in [5.74, 6) is -0.861. The van der Waals surface area contributed by atoms with E-state index in [4.69, 9.17) is 0 Å². The van der Waals surface area contributed by atoms with Crippen molar-refractivity contribution in [3.63, 3.8) is 0 Å². The molecule has 0 atom stereocenters. The Morgan fingerprint density at radius 3 is 2.47 bits per heavy atom. The fraction of sp³-hybridized carbons (Fsp3) is 0.550. The molecule has 0 aromatic carbocycles. The van der Waals surface area contributed by atoms with Crippen molar-refractivity contribution in [3.05, 3.63) is 28.5 Å². The molecule has 1 aliphatic carbocycles. The zero-order valence-corrected chi connectivity index (χ0v) is 18.4. The number of nitrogens with one attached hydrogen (secondary N) is 2. The summed E-state index contributed by atoms with van der Waals surface area (Å²) >= 11 is 0.863. The van der Waals surface area contributed by atoms with Crippen LogP contribution in [0.2, 0.25) is 0 Å². The zero-order chi connectivity index (χ0) is 23.9. The molecule has 0 bridgehead atoms. The van der Waals surface area contributed by atoms with Crippen LogP contribution in [0, 0.1) is 6.92 Å². The molecule has 0 unspecified atom stereocenters. The number of anilines is 1. The van der Waals surface area contributed by atoms with E-state index in [1.165, 1.54) is 20.8 Å². The summed E-state index contributed by atoms with van der Waals surface area (Å²) in [5, 5.41) is 14.6. The lowest BCUT2D eigenvalue weighted by atomic mass is 9.76. The molecule has 3 N–H and O–H groups in total. The third-order valence-corrected chi connectivity index (χ3v) is 6.39. The first kappa shape index (κ1) is 24.3. The van der Waals surface area contributed by atoms with Crippen LogP contribution >= 0.6 is 11.3 Å². The Morgan fingerprint density at radius 1 is 1.31 bits per heavy atom. The maximum Gasteiger partial charge on any atom is 0.411 e. The van der Waals surface area contributed by atoms with E-state index in [9.17, 15) is 31.9 Å². The summed E-state index contributed by atoms with van der Waals surface area (Å²) in [6.07, 6.45) is -6.36. The highest BCUT2D eigenvalue weighted by Gasteiger charge is 2.58. The SMILES string of the molecule is Cc1nc(C(=O)NCC(C)(C)O)sc1-c1cnc(NC2(C(F)(F)F)CCC2)cc1C(F)F. The van der Waals surface area contributed by atoms with E-state index in [0.29, 0.717) is 12.1 Å². The topological polar surface area (TPSA) is 87.1 Å². The molecule has 1 aliphatic rings. The Kier molecular flexibility index (Phi) is 6.49. The Hall–Kier alpha value is -2.34. The quantitative estimate of drug-likeness (QED) is 0.496. The number of pyridine rings is 1. The smallest absolute Gasteiger partial charge is 0.389 e. The largest absolute Gasteiger partial charge is 0.411 e. The van der Waals surface area contributed by atoms with E-state index in [1.54, 1.807) is 0 Å². The first-order chi connectivity index (χ1) is 14.7. The number of alkyl halides is 5. The highest BCUT2D eigenvalue weighted by molar-refractivity contribution is 7.17. The van der Waals surface area contributed by atoms with Crippen LogP contribution in [-0.2, 0) is 0 Å². The van der Waals surface area contributed by atoms with E-state index in [-0.39, 0.29) is 40.7 Å². The number of amides is 1. The second-order valence-electron chi connectivity index (χ2n) is 8.44. The van der Waals surface area contributed by atoms with Crippen molar-refractivity contribution in [3.8, 4) is 10.4 Å². The lowest BCUT2D eigenvalue weighted by molar-refractivity contribution is -0.198. The molecule has 1 saturated carbocycles. The van der Waals surface area contributed by atoms with Crippen LogP contribution in [0.3, 0.4) is 0 Å². The second kappa shape index (κ2) is 8.54. The van der Waals surface area contributed by atoms with Gasteiger partial charge in [-0.05, 0) is 46.1 Å². The van der Waals surface area contributed by atoms with Crippen molar-refractivity contribution in [2.75, 3.05) is 11.9 Å². The number of aliphatic hydroxyl groups is 1. The lowest BCUT2D eigenvalue weighted by Gasteiger charge is -2.44. The number of aromatic nitrogens is 2. The molecule has 12 heteroatoms. The van der Waals surface area contributed by atoms with Crippen molar-refractivity contribution in [2.24, 2.45) is 0 Å². The van der Waals surface area contributed by atoms with Crippen LogP contribution in [0.25, 0.3) is 10.4 Å². The average molecular weight is 478 g/mol. The van der Waals surface area contributed by atoms with E-state index in [0.717, 1.165) is 23.6 Å². The van der Waals surface area contributed by atoms with Gasteiger partial charge in [-0.2, -0.15) is 13.2 Å². The van der Waals surface area contributed by atoms with Gasteiger partial charge in [0.15, 0.2) is 5.01 Å². The summed E-state index contributed by atoms with van der Waals surface area (Å²) in [6.45, 7) is 4.51. The summed E-state index contributed by atoms with van der Waals surface area (Å²) in [7, 11) is 0. The minimum Gasteiger partial charge on any atom is -0.389 e. The monoisotopic (exact) mass is 478 g/mol. The Labute approximate surface area is 185 Å². The maximum absolute atomic E-state index is 13.8. The van der Waals surface area contributed by atoms with E-state index < -0.39 is 35.2 Å². The van der Waals surface area contributed by atoms with Crippen LogP contribution in [-0.4, -0.2) is 44.8 Å². The highest BCUT2D eigenvalue weighted by Crippen LogP contribution is 2.47. The fourth-order valence-corrected chi connectivity index (χ4v) is 4.29. The van der Waals surface area contributed by atoms with E-state index in [2.05, 4.69) is 20.6 Å². The molecule has 2 aromatic rings. The first-order valence-electron chi connectivity index (χ1n) is 9.84. The predicted molar refractivity (Wildman–Crippen MR) is 110 cm³/mol. The highest BCUT2D eigenvalue weighted by atomic mass is 32.1. The third-order valence-electron chi connectivity index (χ3n) is 5.21. The molecule has 32 heavy (non-hydrogen) atoms. The van der Waals surface area contributed by atoms with Crippen LogP contribution in [0.15, 0.2) is 12.3 Å². The minimum absolute atomic E-state index is 0.00300. The van der Waals surface area contributed by atoms with Gasteiger partial charge in [0.2, 0.25) is 0 Å². The Balaban J connectivity index is 1.90. The van der Waals surface area contributed by atoms with Crippen molar-refractivity contribution < 1.29 is 31.9 Å². The molecule has 2 aromatic heterocycles. The molecule has 0 aliphatic heterocycles. The number of hydrogen-bond acceptors (Lipinski definition) is 6. The van der Waals surface area contributed by atoms with Gasteiger partial charge in [0.05, 0.1) is 16.2 Å². The molecule has 0 saturated heterocycles. The Bertz CT molecular complexity index is 997. The maximum atomic E-state index is 13.8. The zero-order valence-electron chi connectivity index (χ0n) is 17.6. The number of hydrogen-bond donors (Lipinski definition) is 3. The molecule has 2 heterocycles. The van der Waals surface area contributed by atoms with Gasteiger partial charge in [-0.3, -0.25) is 4.79 Å². The van der Waals surface area contributed by atoms with Crippen molar-refractivity contribution in [1.82, 2.24) is 15.3 Å². The number of carbonyl (C=O) groups is 1. The summed E-state index contributed by atoms with van der Waals surface area (Å²) in [4.78, 5) is 20.6. The number of halogens is 5. The Morgan fingerprint density at radius 2 is 1.97 bits per heavy atom. The van der Waals surface area contributed by atoms with Crippen LogP contribution in [0.4, 0.5) is 27.8 Å². The van der Waals surface area contributed by atoms with Gasteiger partial charge in [0.1, 0.15) is 11.4 Å². The molecule has 0 radical (unpaired) electrons. The van der Waals surface area contributed by atoms with E-state index in [1.807, 2.05) is 0 Å². The van der Waals surface area contributed by atoms with Crippen LogP contribution < -0.4 is 10.6 Å². The summed E-state index contributed by atoms with van der Waals surface area (Å²) in [6, 6.07) is 0.916. The molecule has 6 nitrogen and oxygen atoms in total. The number of rotatable bonds is 7. The summed E-state index contributed by atoms with van der Waals surface area (Å²) < 4.78 is 67.9. The van der Waals surface area contributed by atoms with Crippen LogP contribution in [0.1, 0.15) is 60.6 Å².